The summed E-state index contributed by atoms with van der Waals surface area (Å²) >= 11 is 0. The Kier molecular flexibility index (Phi) is 4.96. The number of esters is 1. The average molecular weight is 239 g/mol. The quantitative estimate of drug-likeness (QED) is 0.738. The Balaban J connectivity index is 2.51. The van der Waals surface area contributed by atoms with Crippen molar-refractivity contribution in [2.24, 2.45) is 0 Å². The van der Waals surface area contributed by atoms with Crippen LogP contribution in [0.5, 0.6) is 5.75 Å². The highest BCUT2D eigenvalue weighted by Crippen LogP contribution is 2.08. The van der Waals surface area contributed by atoms with E-state index in [-0.39, 0.29) is 0 Å². The van der Waals surface area contributed by atoms with Crippen LogP contribution in [-0.2, 0) is 9.53 Å². The predicted molar refractivity (Wildman–Crippen MR) is 58.5 cm³/mol. The van der Waals surface area contributed by atoms with Crippen molar-refractivity contribution < 1.29 is 24.2 Å². The Labute approximate surface area is 98.2 Å². The number of aliphatic hydroxyl groups excluding tert-OH is 1. The van der Waals surface area contributed by atoms with Crippen LogP contribution in [0, 0.1) is 0 Å². The van der Waals surface area contributed by atoms with E-state index in [0.717, 1.165) is 7.11 Å². The van der Waals surface area contributed by atoms with Crippen molar-refractivity contribution in [1.82, 2.24) is 5.32 Å². The van der Waals surface area contributed by atoms with Crippen molar-refractivity contribution in [1.29, 1.82) is 0 Å². The molecular weight excluding hydrogens is 226 g/mol. The van der Waals surface area contributed by atoms with Crippen LogP contribution in [0.15, 0.2) is 30.3 Å². The second kappa shape index (κ2) is 6.49. The molecule has 1 aromatic carbocycles. The summed E-state index contributed by atoms with van der Waals surface area (Å²) in [5, 5.41) is 11.1. The van der Waals surface area contributed by atoms with Crippen LogP contribution in [0.4, 0.5) is 4.79 Å². The lowest BCUT2D eigenvalue weighted by atomic mass is 10.3. The van der Waals surface area contributed by atoms with Gasteiger partial charge in [0, 0.05) is 0 Å². The molecule has 0 bridgehead atoms. The molecule has 92 valence electrons. The van der Waals surface area contributed by atoms with Gasteiger partial charge in [0.2, 0.25) is 0 Å². The normalized spacial score (nSPS) is 11.4. The molecule has 0 saturated heterocycles. The summed E-state index contributed by atoms with van der Waals surface area (Å²) in [6.07, 6.45) is -0.833. The minimum atomic E-state index is -1.13. The van der Waals surface area contributed by atoms with Crippen LogP contribution in [0.1, 0.15) is 0 Å². The summed E-state index contributed by atoms with van der Waals surface area (Å²) < 4.78 is 9.26. The topological polar surface area (TPSA) is 84.9 Å². The van der Waals surface area contributed by atoms with Gasteiger partial charge in [0.05, 0.1) is 13.7 Å². The molecule has 0 aliphatic carbocycles. The second-order valence-electron chi connectivity index (χ2n) is 3.11. The summed E-state index contributed by atoms with van der Waals surface area (Å²) in [4.78, 5) is 22.4. The first-order valence-corrected chi connectivity index (χ1v) is 4.89. The molecular formula is C11H13NO5. The third-order valence-electron chi connectivity index (χ3n) is 1.91. The van der Waals surface area contributed by atoms with Crippen molar-refractivity contribution >= 4 is 12.1 Å². The van der Waals surface area contributed by atoms with Crippen molar-refractivity contribution in [3.8, 4) is 5.75 Å². The Hall–Kier alpha value is -2.08. The van der Waals surface area contributed by atoms with Gasteiger partial charge in [-0.2, -0.15) is 0 Å². The molecule has 6 nitrogen and oxygen atoms in total. The zero-order chi connectivity index (χ0) is 12.7. The van der Waals surface area contributed by atoms with Gasteiger partial charge in [-0.3, -0.25) is 0 Å². The van der Waals surface area contributed by atoms with E-state index in [4.69, 9.17) is 9.84 Å². The smallest absolute Gasteiger partial charge is 0.413 e. The van der Waals surface area contributed by atoms with E-state index >= 15 is 0 Å². The van der Waals surface area contributed by atoms with E-state index in [1.807, 2.05) is 0 Å². The monoisotopic (exact) mass is 239 g/mol. The molecule has 0 fully saturated rings. The first kappa shape index (κ1) is 13.0. The highest BCUT2D eigenvalue weighted by Gasteiger charge is 2.21. The summed E-state index contributed by atoms with van der Waals surface area (Å²) in [7, 11) is 1.16. The second-order valence-corrected chi connectivity index (χ2v) is 3.11. The first-order valence-electron chi connectivity index (χ1n) is 4.89. The molecule has 2 N–H and O–H groups in total. The lowest BCUT2D eigenvalue weighted by Crippen LogP contribution is -2.45. The molecule has 1 amide bonds. The van der Waals surface area contributed by atoms with Gasteiger partial charge in [0.1, 0.15) is 5.75 Å². The molecule has 17 heavy (non-hydrogen) atoms. The molecule has 1 atom stereocenters. The fraction of sp³-hybridized carbons (Fsp3) is 0.273. The van der Waals surface area contributed by atoms with E-state index < -0.39 is 24.7 Å². The number of hydrogen-bond acceptors (Lipinski definition) is 5. The SMILES string of the molecule is COC(=O)C(CO)NC(=O)Oc1ccccc1. The molecule has 0 heterocycles. The number of hydrogen-bond donors (Lipinski definition) is 2. The first-order chi connectivity index (χ1) is 8.17. The molecule has 0 spiro atoms. The van der Waals surface area contributed by atoms with E-state index in [9.17, 15) is 9.59 Å². The highest BCUT2D eigenvalue weighted by molar-refractivity contribution is 5.82. The molecule has 1 aromatic rings. The Morgan fingerprint density at radius 2 is 2.00 bits per heavy atom. The number of rotatable bonds is 4. The molecule has 0 aliphatic heterocycles. The fourth-order valence-corrected chi connectivity index (χ4v) is 1.09. The summed E-state index contributed by atoms with van der Waals surface area (Å²) in [5.74, 6) is -0.399. The Morgan fingerprint density at radius 1 is 1.35 bits per heavy atom. The summed E-state index contributed by atoms with van der Waals surface area (Å²) in [5.41, 5.74) is 0. The minimum Gasteiger partial charge on any atom is -0.467 e. The minimum absolute atomic E-state index is 0.339. The number of para-hydroxylation sites is 1. The van der Waals surface area contributed by atoms with Crippen LogP contribution >= 0.6 is 0 Å². The standard InChI is InChI=1S/C11H13NO5/c1-16-10(14)9(7-13)12-11(15)17-8-5-3-2-4-6-8/h2-6,9,13H,7H2,1H3,(H,12,15). The summed E-state index contributed by atoms with van der Waals surface area (Å²) in [6.45, 7) is -0.559. The maximum absolute atomic E-state index is 11.3. The van der Waals surface area contributed by atoms with Crippen molar-refractivity contribution in [2.75, 3.05) is 13.7 Å². The third-order valence-corrected chi connectivity index (χ3v) is 1.91. The Bertz CT molecular complexity index is 379. The van der Waals surface area contributed by atoms with Gasteiger partial charge < -0.3 is 19.9 Å². The maximum atomic E-state index is 11.3. The van der Waals surface area contributed by atoms with E-state index in [2.05, 4.69) is 10.1 Å². The Morgan fingerprint density at radius 3 is 2.53 bits per heavy atom. The van der Waals surface area contributed by atoms with Gasteiger partial charge in [-0.1, -0.05) is 18.2 Å². The fourth-order valence-electron chi connectivity index (χ4n) is 1.09. The van der Waals surface area contributed by atoms with E-state index in [1.165, 1.54) is 0 Å². The number of nitrogens with one attached hydrogen (secondary N) is 1. The van der Waals surface area contributed by atoms with Crippen LogP contribution in [0.25, 0.3) is 0 Å². The molecule has 0 saturated carbocycles. The van der Waals surface area contributed by atoms with Gasteiger partial charge in [-0.05, 0) is 12.1 Å². The lowest BCUT2D eigenvalue weighted by Gasteiger charge is -2.13. The number of methoxy groups -OCH3 is 1. The number of carbonyl (C=O) groups excluding carboxylic acids is 2. The van der Waals surface area contributed by atoms with Crippen LogP contribution in [0.2, 0.25) is 0 Å². The number of aliphatic hydroxyl groups is 1. The predicted octanol–water partition coefficient (Wildman–Crippen LogP) is 0.309. The van der Waals surface area contributed by atoms with E-state index in [1.54, 1.807) is 30.3 Å². The van der Waals surface area contributed by atoms with Crippen molar-refractivity contribution in [2.45, 2.75) is 6.04 Å². The van der Waals surface area contributed by atoms with Crippen molar-refractivity contribution in [3.63, 3.8) is 0 Å². The van der Waals surface area contributed by atoms with Crippen LogP contribution < -0.4 is 10.1 Å². The number of amides is 1. The molecule has 1 unspecified atom stereocenters. The van der Waals surface area contributed by atoms with Crippen LogP contribution in [-0.4, -0.2) is 36.9 Å². The average Bonchev–Trinajstić information content (AvgIpc) is 2.36. The van der Waals surface area contributed by atoms with Crippen molar-refractivity contribution in [3.05, 3.63) is 30.3 Å². The number of benzene rings is 1. The van der Waals surface area contributed by atoms with Gasteiger partial charge in [0.15, 0.2) is 6.04 Å². The lowest BCUT2D eigenvalue weighted by molar-refractivity contribution is -0.143. The van der Waals surface area contributed by atoms with Crippen LogP contribution in [0.3, 0.4) is 0 Å². The molecule has 1 rings (SSSR count). The van der Waals surface area contributed by atoms with Gasteiger partial charge in [-0.15, -0.1) is 0 Å². The van der Waals surface area contributed by atoms with E-state index in [0.29, 0.717) is 5.75 Å². The zero-order valence-electron chi connectivity index (χ0n) is 9.25. The number of carbonyl (C=O) groups is 2. The van der Waals surface area contributed by atoms with Gasteiger partial charge >= 0.3 is 12.1 Å². The maximum Gasteiger partial charge on any atom is 0.413 e. The van der Waals surface area contributed by atoms with Gasteiger partial charge in [0.25, 0.3) is 0 Å². The largest absolute Gasteiger partial charge is 0.467 e. The molecule has 0 aliphatic rings. The summed E-state index contributed by atoms with van der Waals surface area (Å²) in [6, 6.07) is 7.22. The molecule has 0 radical (unpaired) electrons. The third kappa shape index (κ3) is 4.12. The van der Waals surface area contributed by atoms with Gasteiger partial charge in [-0.25, -0.2) is 9.59 Å². The highest BCUT2D eigenvalue weighted by atomic mass is 16.6. The molecule has 6 heteroatoms. The molecule has 0 aromatic heterocycles. The number of ether oxygens (including phenoxy) is 2. The zero-order valence-corrected chi connectivity index (χ0v) is 9.25.